The van der Waals surface area contributed by atoms with Gasteiger partial charge in [-0.1, -0.05) is 38.3 Å². The van der Waals surface area contributed by atoms with Gasteiger partial charge < -0.3 is 10.4 Å². The highest BCUT2D eigenvalue weighted by Crippen LogP contribution is 2.48. The lowest BCUT2D eigenvalue weighted by atomic mass is 9.81. The molecule has 3 aliphatic carbocycles. The van der Waals surface area contributed by atoms with E-state index in [1.54, 1.807) is 0 Å². The predicted molar refractivity (Wildman–Crippen MR) is 79.5 cm³/mol. The van der Waals surface area contributed by atoms with Crippen molar-refractivity contribution in [1.82, 2.24) is 5.32 Å². The number of carbonyl (C=O) groups excluding carboxylic acids is 1. The van der Waals surface area contributed by atoms with E-state index < -0.39 is 11.9 Å². The minimum absolute atomic E-state index is 0.0268. The number of nitrogens with one attached hydrogen (secondary N) is 1. The topological polar surface area (TPSA) is 66.4 Å². The Morgan fingerprint density at radius 1 is 1.14 bits per heavy atom. The van der Waals surface area contributed by atoms with E-state index in [0.29, 0.717) is 5.92 Å². The first-order valence-corrected chi connectivity index (χ1v) is 8.31. The van der Waals surface area contributed by atoms with Crippen molar-refractivity contribution in [1.29, 1.82) is 0 Å². The van der Waals surface area contributed by atoms with Crippen LogP contribution in [0.15, 0.2) is 12.2 Å². The van der Waals surface area contributed by atoms with E-state index in [4.69, 9.17) is 0 Å². The third-order valence-electron chi connectivity index (χ3n) is 5.75. The maximum absolute atomic E-state index is 12.6. The van der Waals surface area contributed by atoms with Crippen molar-refractivity contribution < 1.29 is 14.7 Å². The lowest BCUT2D eigenvalue weighted by molar-refractivity contribution is -0.148. The average molecular weight is 291 g/mol. The zero-order valence-corrected chi connectivity index (χ0v) is 12.6. The molecular weight excluding hydrogens is 266 g/mol. The van der Waals surface area contributed by atoms with Crippen molar-refractivity contribution in [3.8, 4) is 0 Å². The van der Waals surface area contributed by atoms with E-state index in [9.17, 15) is 14.7 Å². The summed E-state index contributed by atoms with van der Waals surface area (Å²) in [5.74, 6) is -0.841. The zero-order chi connectivity index (χ0) is 15.0. The van der Waals surface area contributed by atoms with Crippen molar-refractivity contribution in [2.45, 2.75) is 51.5 Å². The smallest absolute Gasteiger partial charge is 0.307 e. The van der Waals surface area contributed by atoms with Crippen LogP contribution in [0.4, 0.5) is 0 Å². The summed E-state index contributed by atoms with van der Waals surface area (Å²) in [6.07, 6.45) is 10.6. The van der Waals surface area contributed by atoms with E-state index in [1.807, 2.05) is 12.2 Å². The summed E-state index contributed by atoms with van der Waals surface area (Å²) < 4.78 is 0. The van der Waals surface area contributed by atoms with Crippen LogP contribution in [0.25, 0.3) is 0 Å². The molecule has 2 saturated carbocycles. The molecule has 1 amide bonds. The van der Waals surface area contributed by atoms with Gasteiger partial charge in [-0.3, -0.25) is 9.59 Å². The molecule has 2 bridgehead atoms. The molecule has 0 aromatic heterocycles. The minimum Gasteiger partial charge on any atom is -0.481 e. The SMILES string of the molecule is CCC1CCCC(NC(=O)[C@H]2C3C=CC(C3)[C@H]2C(=O)O)C1. The number of hydrogen-bond acceptors (Lipinski definition) is 2. The Kier molecular flexibility index (Phi) is 4.05. The molecule has 0 heterocycles. The number of aliphatic carboxylic acids is 1. The highest BCUT2D eigenvalue weighted by atomic mass is 16.4. The molecule has 0 aliphatic heterocycles. The Hall–Kier alpha value is -1.32. The fraction of sp³-hybridized carbons (Fsp3) is 0.765. The molecule has 0 aromatic carbocycles. The second-order valence-electron chi connectivity index (χ2n) is 6.98. The van der Waals surface area contributed by atoms with Crippen LogP contribution < -0.4 is 5.32 Å². The molecule has 6 atom stereocenters. The number of allylic oxidation sites excluding steroid dienone is 2. The molecule has 3 aliphatic rings. The molecule has 0 radical (unpaired) electrons. The van der Waals surface area contributed by atoms with Crippen LogP contribution in [0, 0.1) is 29.6 Å². The second kappa shape index (κ2) is 5.82. The third-order valence-corrected chi connectivity index (χ3v) is 5.75. The molecule has 3 rings (SSSR count). The Morgan fingerprint density at radius 3 is 2.52 bits per heavy atom. The van der Waals surface area contributed by atoms with Crippen LogP contribution in [0.2, 0.25) is 0 Å². The van der Waals surface area contributed by atoms with Gasteiger partial charge >= 0.3 is 5.97 Å². The van der Waals surface area contributed by atoms with Crippen molar-refractivity contribution in [2.75, 3.05) is 0 Å². The fourth-order valence-corrected chi connectivity index (χ4v) is 4.61. The molecule has 2 fully saturated rings. The van der Waals surface area contributed by atoms with Gasteiger partial charge in [0, 0.05) is 6.04 Å². The van der Waals surface area contributed by atoms with Gasteiger partial charge in [0.15, 0.2) is 0 Å². The molecule has 4 heteroatoms. The monoisotopic (exact) mass is 291 g/mol. The molecule has 116 valence electrons. The summed E-state index contributed by atoms with van der Waals surface area (Å²) in [5, 5.41) is 12.6. The van der Waals surface area contributed by atoms with E-state index in [1.165, 1.54) is 19.3 Å². The van der Waals surface area contributed by atoms with E-state index in [2.05, 4.69) is 12.2 Å². The van der Waals surface area contributed by atoms with Gasteiger partial charge in [-0.25, -0.2) is 0 Å². The van der Waals surface area contributed by atoms with Crippen LogP contribution in [0.5, 0.6) is 0 Å². The van der Waals surface area contributed by atoms with E-state index in [-0.39, 0.29) is 29.7 Å². The predicted octanol–water partition coefficient (Wildman–Crippen LogP) is 2.59. The number of hydrogen-bond donors (Lipinski definition) is 2. The van der Waals surface area contributed by atoms with Crippen LogP contribution in [0.3, 0.4) is 0 Å². The van der Waals surface area contributed by atoms with Crippen LogP contribution in [0.1, 0.15) is 45.4 Å². The molecule has 4 unspecified atom stereocenters. The second-order valence-corrected chi connectivity index (χ2v) is 6.98. The van der Waals surface area contributed by atoms with Gasteiger partial charge in [0.1, 0.15) is 0 Å². The minimum atomic E-state index is -0.818. The molecule has 0 spiro atoms. The molecule has 0 saturated heterocycles. The van der Waals surface area contributed by atoms with Gasteiger partial charge in [-0.15, -0.1) is 0 Å². The average Bonchev–Trinajstić information content (AvgIpc) is 3.07. The lowest BCUT2D eigenvalue weighted by Crippen LogP contribution is -2.45. The summed E-state index contributed by atoms with van der Waals surface area (Å²) in [4.78, 5) is 24.1. The van der Waals surface area contributed by atoms with Gasteiger partial charge in [-0.05, 0) is 37.0 Å². The van der Waals surface area contributed by atoms with E-state index in [0.717, 1.165) is 19.3 Å². The number of rotatable bonds is 4. The summed E-state index contributed by atoms with van der Waals surface area (Å²) in [6.45, 7) is 2.20. The first-order chi connectivity index (χ1) is 10.1. The van der Waals surface area contributed by atoms with Crippen molar-refractivity contribution in [2.24, 2.45) is 29.6 Å². The summed E-state index contributed by atoms with van der Waals surface area (Å²) in [5.41, 5.74) is 0. The van der Waals surface area contributed by atoms with Gasteiger partial charge in [0.2, 0.25) is 5.91 Å². The highest BCUT2D eigenvalue weighted by Gasteiger charge is 2.51. The Morgan fingerprint density at radius 2 is 1.86 bits per heavy atom. The maximum Gasteiger partial charge on any atom is 0.307 e. The number of carbonyl (C=O) groups is 2. The Balaban J connectivity index is 1.65. The fourth-order valence-electron chi connectivity index (χ4n) is 4.61. The first kappa shape index (κ1) is 14.6. The largest absolute Gasteiger partial charge is 0.481 e. The Bertz CT molecular complexity index is 459. The van der Waals surface area contributed by atoms with Gasteiger partial charge in [0.25, 0.3) is 0 Å². The molecule has 0 aromatic rings. The van der Waals surface area contributed by atoms with Crippen LogP contribution >= 0.6 is 0 Å². The number of fused-ring (bicyclic) bond motifs is 2. The van der Waals surface area contributed by atoms with E-state index >= 15 is 0 Å². The zero-order valence-electron chi connectivity index (χ0n) is 12.6. The van der Waals surface area contributed by atoms with Crippen molar-refractivity contribution >= 4 is 11.9 Å². The molecular formula is C17H25NO3. The first-order valence-electron chi connectivity index (χ1n) is 8.31. The quantitative estimate of drug-likeness (QED) is 0.782. The number of carboxylic acid groups (broad SMARTS) is 1. The third kappa shape index (κ3) is 2.72. The number of carboxylic acids is 1. The lowest BCUT2D eigenvalue weighted by Gasteiger charge is -2.31. The summed E-state index contributed by atoms with van der Waals surface area (Å²) >= 11 is 0. The molecule has 21 heavy (non-hydrogen) atoms. The van der Waals surface area contributed by atoms with Gasteiger partial charge in [-0.2, -0.15) is 0 Å². The van der Waals surface area contributed by atoms with Crippen LogP contribution in [-0.2, 0) is 9.59 Å². The van der Waals surface area contributed by atoms with Crippen molar-refractivity contribution in [3.05, 3.63) is 12.2 Å². The normalized spacial score (nSPS) is 41.2. The maximum atomic E-state index is 12.6. The molecule has 4 nitrogen and oxygen atoms in total. The summed E-state index contributed by atoms with van der Waals surface area (Å²) in [6, 6.07) is 0.244. The van der Waals surface area contributed by atoms with Crippen LogP contribution in [-0.4, -0.2) is 23.0 Å². The summed E-state index contributed by atoms with van der Waals surface area (Å²) in [7, 11) is 0. The number of amides is 1. The highest BCUT2D eigenvalue weighted by molar-refractivity contribution is 5.87. The standard InChI is InChI=1S/C17H25NO3/c1-2-10-4-3-5-13(8-10)18-16(19)14-11-6-7-12(9-11)15(14)17(20)21/h6-7,10-15H,2-5,8-9H2,1H3,(H,18,19)(H,20,21)/t10?,11?,12?,13?,14-,15+/m0/s1. The van der Waals surface area contributed by atoms with Gasteiger partial charge in [0.05, 0.1) is 11.8 Å². The Labute approximate surface area is 126 Å². The van der Waals surface area contributed by atoms with Crippen molar-refractivity contribution in [3.63, 3.8) is 0 Å². The molecule has 2 N–H and O–H groups in total.